The lowest BCUT2D eigenvalue weighted by atomic mass is 10.1. The molecule has 1 aliphatic heterocycles. The van der Waals surface area contributed by atoms with Gasteiger partial charge in [-0.2, -0.15) is 0 Å². The fourth-order valence-electron chi connectivity index (χ4n) is 1.66. The molecule has 1 aromatic rings. The first-order valence-corrected chi connectivity index (χ1v) is 5.19. The molecule has 16 heavy (non-hydrogen) atoms. The van der Waals surface area contributed by atoms with Gasteiger partial charge in [0, 0.05) is 5.69 Å². The number of rotatable bonds is 2. The predicted octanol–water partition coefficient (Wildman–Crippen LogP) is 1.83. The number of nitrogens with zero attached hydrogens (tertiary/aromatic N) is 1. The molecule has 0 bridgehead atoms. The summed E-state index contributed by atoms with van der Waals surface area (Å²) < 4.78 is 10.8. The monoisotopic (exact) mass is 220 g/mol. The average molecular weight is 220 g/mol. The molecule has 1 heterocycles. The molecule has 2 N–H and O–H groups in total. The summed E-state index contributed by atoms with van der Waals surface area (Å²) in [5, 5.41) is 0. The van der Waals surface area contributed by atoms with Crippen LogP contribution in [0.3, 0.4) is 0 Å². The number of nitrogen functional groups attached to an aromatic ring is 1. The van der Waals surface area contributed by atoms with Gasteiger partial charge in [-0.05, 0) is 26.0 Å². The van der Waals surface area contributed by atoms with Crippen molar-refractivity contribution in [1.82, 2.24) is 0 Å². The lowest BCUT2D eigenvalue weighted by Crippen LogP contribution is -2.17. The Hall–Kier alpha value is -1.71. The lowest BCUT2D eigenvalue weighted by Gasteiger charge is -2.10. The van der Waals surface area contributed by atoms with Gasteiger partial charge in [0.25, 0.3) is 0 Å². The highest BCUT2D eigenvalue weighted by atomic mass is 16.5. The number of hydrogen-bond acceptors (Lipinski definition) is 4. The normalized spacial score (nSPS) is 17.8. The van der Waals surface area contributed by atoms with E-state index in [4.69, 9.17) is 15.2 Å². The highest BCUT2D eigenvalue weighted by Crippen LogP contribution is 2.29. The van der Waals surface area contributed by atoms with E-state index in [-0.39, 0.29) is 5.54 Å². The Morgan fingerprint density at radius 2 is 2.19 bits per heavy atom. The summed E-state index contributed by atoms with van der Waals surface area (Å²) in [6, 6.07) is 5.51. The maximum absolute atomic E-state index is 5.92. The van der Waals surface area contributed by atoms with Crippen molar-refractivity contribution < 1.29 is 9.47 Å². The van der Waals surface area contributed by atoms with E-state index in [1.807, 2.05) is 32.0 Å². The van der Waals surface area contributed by atoms with Crippen molar-refractivity contribution in [3.05, 3.63) is 23.8 Å². The molecule has 0 aliphatic carbocycles. The number of nitrogens with two attached hydrogens (primary N) is 1. The minimum Gasteiger partial charge on any atom is -0.496 e. The molecule has 0 atom stereocenters. The molecule has 0 unspecified atom stereocenters. The Kier molecular flexibility index (Phi) is 2.50. The van der Waals surface area contributed by atoms with Crippen LogP contribution in [0.15, 0.2) is 23.2 Å². The third kappa shape index (κ3) is 1.83. The van der Waals surface area contributed by atoms with Gasteiger partial charge in [0.1, 0.15) is 17.9 Å². The first-order chi connectivity index (χ1) is 7.53. The zero-order chi connectivity index (χ0) is 11.8. The van der Waals surface area contributed by atoms with E-state index in [1.54, 1.807) is 7.11 Å². The molecule has 0 saturated carbocycles. The van der Waals surface area contributed by atoms with Crippen molar-refractivity contribution >= 4 is 11.6 Å². The molecule has 0 spiro atoms. The summed E-state index contributed by atoms with van der Waals surface area (Å²) in [6.45, 7) is 4.61. The zero-order valence-electron chi connectivity index (χ0n) is 9.78. The third-order valence-corrected chi connectivity index (χ3v) is 2.46. The summed E-state index contributed by atoms with van der Waals surface area (Å²) in [4.78, 5) is 4.49. The Morgan fingerprint density at radius 1 is 1.44 bits per heavy atom. The van der Waals surface area contributed by atoms with Crippen LogP contribution in [-0.4, -0.2) is 25.2 Å². The predicted molar refractivity (Wildman–Crippen MR) is 64.0 cm³/mol. The van der Waals surface area contributed by atoms with Gasteiger partial charge < -0.3 is 15.2 Å². The van der Waals surface area contributed by atoms with Gasteiger partial charge in [-0.3, -0.25) is 0 Å². The number of anilines is 1. The van der Waals surface area contributed by atoms with Gasteiger partial charge in [-0.1, -0.05) is 6.07 Å². The molecule has 1 aromatic carbocycles. The minimum atomic E-state index is -0.192. The zero-order valence-corrected chi connectivity index (χ0v) is 9.78. The second-order valence-electron chi connectivity index (χ2n) is 4.44. The number of methoxy groups -OCH3 is 1. The Morgan fingerprint density at radius 3 is 2.75 bits per heavy atom. The number of benzene rings is 1. The molecule has 86 valence electrons. The molecule has 2 rings (SSSR count). The quantitative estimate of drug-likeness (QED) is 0.773. The van der Waals surface area contributed by atoms with Crippen LogP contribution in [0.25, 0.3) is 0 Å². The van der Waals surface area contributed by atoms with Gasteiger partial charge in [-0.15, -0.1) is 0 Å². The molecule has 0 radical (unpaired) electrons. The largest absolute Gasteiger partial charge is 0.496 e. The molecule has 1 aliphatic rings. The molecular weight excluding hydrogens is 204 g/mol. The third-order valence-electron chi connectivity index (χ3n) is 2.46. The number of ether oxygens (including phenoxy) is 2. The van der Waals surface area contributed by atoms with Gasteiger partial charge in [-0.25, -0.2) is 4.99 Å². The SMILES string of the molecule is COc1cccc(N)c1C1=NC(C)(C)CO1. The topological polar surface area (TPSA) is 56.8 Å². The second kappa shape index (κ2) is 3.70. The standard InChI is InChI=1S/C12H16N2O2/c1-12(2)7-16-11(14-12)10-8(13)5-4-6-9(10)15-3/h4-6H,7,13H2,1-3H3. The maximum Gasteiger partial charge on any atom is 0.222 e. The van der Waals surface area contributed by atoms with Crippen LogP contribution in [0.4, 0.5) is 5.69 Å². The summed E-state index contributed by atoms with van der Waals surface area (Å²) >= 11 is 0. The first-order valence-electron chi connectivity index (χ1n) is 5.19. The van der Waals surface area contributed by atoms with Crippen LogP contribution in [0.2, 0.25) is 0 Å². The number of hydrogen-bond donors (Lipinski definition) is 1. The summed E-state index contributed by atoms with van der Waals surface area (Å²) in [7, 11) is 1.61. The van der Waals surface area contributed by atoms with Crippen molar-refractivity contribution in [1.29, 1.82) is 0 Å². The fraction of sp³-hybridized carbons (Fsp3) is 0.417. The van der Waals surface area contributed by atoms with Crippen LogP contribution in [0, 0.1) is 0 Å². The van der Waals surface area contributed by atoms with Crippen LogP contribution in [0.5, 0.6) is 5.75 Å². The van der Waals surface area contributed by atoms with E-state index in [2.05, 4.69) is 4.99 Å². The van der Waals surface area contributed by atoms with Crippen molar-refractivity contribution in [2.24, 2.45) is 4.99 Å². The molecule has 0 amide bonds. The van der Waals surface area contributed by atoms with Crippen LogP contribution in [-0.2, 0) is 4.74 Å². The Balaban J connectivity index is 2.49. The van der Waals surface area contributed by atoms with E-state index < -0.39 is 0 Å². The van der Waals surface area contributed by atoms with Crippen LogP contribution < -0.4 is 10.5 Å². The molecule has 4 nitrogen and oxygen atoms in total. The average Bonchev–Trinajstić information content (AvgIpc) is 2.58. The number of aliphatic imine (C=N–C) groups is 1. The van der Waals surface area contributed by atoms with Crippen molar-refractivity contribution in [3.63, 3.8) is 0 Å². The van der Waals surface area contributed by atoms with E-state index in [9.17, 15) is 0 Å². The van der Waals surface area contributed by atoms with Gasteiger partial charge in [0.05, 0.1) is 12.6 Å². The highest BCUT2D eigenvalue weighted by Gasteiger charge is 2.29. The molecular formula is C12H16N2O2. The van der Waals surface area contributed by atoms with E-state index in [0.717, 1.165) is 5.56 Å². The Bertz CT molecular complexity index is 439. The minimum absolute atomic E-state index is 0.192. The molecule has 4 heteroatoms. The highest BCUT2D eigenvalue weighted by molar-refractivity contribution is 6.02. The summed E-state index contributed by atoms with van der Waals surface area (Å²) in [6.07, 6.45) is 0. The van der Waals surface area contributed by atoms with Gasteiger partial charge in [0.2, 0.25) is 5.90 Å². The maximum atomic E-state index is 5.92. The van der Waals surface area contributed by atoms with Crippen LogP contribution in [0.1, 0.15) is 19.4 Å². The van der Waals surface area contributed by atoms with E-state index in [1.165, 1.54) is 0 Å². The summed E-state index contributed by atoms with van der Waals surface area (Å²) in [5.74, 6) is 1.26. The van der Waals surface area contributed by atoms with Gasteiger partial charge in [0.15, 0.2) is 0 Å². The fourth-order valence-corrected chi connectivity index (χ4v) is 1.66. The van der Waals surface area contributed by atoms with Crippen molar-refractivity contribution in [2.75, 3.05) is 19.5 Å². The van der Waals surface area contributed by atoms with Crippen LogP contribution >= 0.6 is 0 Å². The smallest absolute Gasteiger partial charge is 0.222 e. The van der Waals surface area contributed by atoms with E-state index >= 15 is 0 Å². The molecule has 0 fully saturated rings. The van der Waals surface area contributed by atoms with Crippen molar-refractivity contribution in [2.45, 2.75) is 19.4 Å². The van der Waals surface area contributed by atoms with Gasteiger partial charge >= 0.3 is 0 Å². The second-order valence-corrected chi connectivity index (χ2v) is 4.44. The first kappa shape index (κ1) is 10.8. The lowest BCUT2D eigenvalue weighted by molar-refractivity contribution is 0.278. The van der Waals surface area contributed by atoms with E-state index in [0.29, 0.717) is 23.9 Å². The summed E-state index contributed by atoms with van der Waals surface area (Å²) in [5.41, 5.74) is 7.10. The van der Waals surface area contributed by atoms with Crippen molar-refractivity contribution in [3.8, 4) is 5.75 Å². The molecule has 0 aromatic heterocycles. The molecule has 0 saturated heterocycles. The Labute approximate surface area is 95.1 Å².